The third-order valence-corrected chi connectivity index (χ3v) is 4.32. The first-order chi connectivity index (χ1) is 6.18. The van der Waals surface area contributed by atoms with Crippen LogP contribution in [-0.4, -0.2) is 5.78 Å². The highest BCUT2D eigenvalue weighted by atomic mass is 16.1. The van der Waals surface area contributed by atoms with Crippen molar-refractivity contribution in [1.29, 1.82) is 0 Å². The molecule has 13 heavy (non-hydrogen) atoms. The number of hydrogen-bond acceptors (Lipinski definition) is 1. The molecule has 0 saturated heterocycles. The molecular formula is C12H20O. The second-order valence-electron chi connectivity index (χ2n) is 5.14. The molecule has 0 aliphatic heterocycles. The van der Waals surface area contributed by atoms with E-state index in [-0.39, 0.29) is 0 Å². The van der Waals surface area contributed by atoms with Gasteiger partial charge in [0.05, 0.1) is 0 Å². The monoisotopic (exact) mass is 180 g/mol. The van der Waals surface area contributed by atoms with Gasteiger partial charge in [0, 0.05) is 12.3 Å². The first kappa shape index (κ1) is 9.23. The van der Waals surface area contributed by atoms with E-state index in [2.05, 4.69) is 13.8 Å². The van der Waals surface area contributed by atoms with Gasteiger partial charge in [0.1, 0.15) is 5.78 Å². The topological polar surface area (TPSA) is 17.1 Å². The highest BCUT2D eigenvalue weighted by Crippen LogP contribution is 2.42. The first-order valence-corrected chi connectivity index (χ1v) is 5.71. The molecule has 0 aromatic rings. The molecule has 4 atom stereocenters. The van der Waals surface area contributed by atoms with Crippen LogP contribution < -0.4 is 0 Å². The number of rotatable bonds is 0. The summed E-state index contributed by atoms with van der Waals surface area (Å²) in [5, 5.41) is 0. The van der Waals surface area contributed by atoms with E-state index in [1.807, 2.05) is 0 Å². The number of Topliss-reactive ketones (excluding diaryl/α,β-unsaturated/α-hetero) is 1. The fourth-order valence-electron chi connectivity index (χ4n) is 3.09. The van der Waals surface area contributed by atoms with Crippen LogP contribution in [0.15, 0.2) is 0 Å². The minimum atomic E-state index is 0.451. The van der Waals surface area contributed by atoms with Gasteiger partial charge in [-0.25, -0.2) is 0 Å². The molecule has 0 spiro atoms. The summed E-state index contributed by atoms with van der Waals surface area (Å²) in [7, 11) is 0. The van der Waals surface area contributed by atoms with E-state index in [0.29, 0.717) is 11.7 Å². The summed E-state index contributed by atoms with van der Waals surface area (Å²) in [5.74, 6) is 3.42. The van der Waals surface area contributed by atoms with Gasteiger partial charge in [0.15, 0.2) is 0 Å². The molecule has 0 radical (unpaired) electrons. The molecule has 74 valence electrons. The SMILES string of the molecule is CC1CCC2C(=O)CCC2CC1C. The lowest BCUT2D eigenvalue weighted by molar-refractivity contribution is -0.121. The maximum Gasteiger partial charge on any atom is 0.136 e. The van der Waals surface area contributed by atoms with Crippen LogP contribution in [0.5, 0.6) is 0 Å². The zero-order chi connectivity index (χ0) is 9.42. The van der Waals surface area contributed by atoms with Crippen LogP contribution >= 0.6 is 0 Å². The van der Waals surface area contributed by atoms with Crippen molar-refractivity contribution in [2.45, 2.75) is 46.0 Å². The van der Waals surface area contributed by atoms with Crippen LogP contribution in [0.2, 0.25) is 0 Å². The number of ketones is 1. The van der Waals surface area contributed by atoms with Crippen LogP contribution in [0, 0.1) is 23.7 Å². The fourth-order valence-corrected chi connectivity index (χ4v) is 3.09. The van der Waals surface area contributed by atoms with E-state index in [1.165, 1.54) is 25.7 Å². The zero-order valence-electron chi connectivity index (χ0n) is 8.75. The second-order valence-corrected chi connectivity index (χ2v) is 5.14. The Morgan fingerprint density at radius 2 is 1.85 bits per heavy atom. The van der Waals surface area contributed by atoms with Crippen LogP contribution in [0.1, 0.15) is 46.0 Å². The molecule has 1 nitrogen and oxygen atoms in total. The number of carbonyl (C=O) groups excluding carboxylic acids is 1. The highest BCUT2D eigenvalue weighted by molar-refractivity contribution is 5.83. The first-order valence-electron chi connectivity index (χ1n) is 5.71. The van der Waals surface area contributed by atoms with E-state index >= 15 is 0 Å². The van der Waals surface area contributed by atoms with Crippen molar-refractivity contribution >= 4 is 5.78 Å². The average molecular weight is 180 g/mol. The van der Waals surface area contributed by atoms with Crippen molar-refractivity contribution in [3.05, 3.63) is 0 Å². The van der Waals surface area contributed by atoms with Crippen molar-refractivity contribution in [1.82, 2.24) is 0 Å². The number of fused-ring (bicyclic) bond motifs is 1. The predicted molar refractivity (Wildman–Crippen MR) is 53.4 cm³/mol. The van der Waals surface area contributed by atoms with Crippen LogP contribution in [0.25, 0.3) is 0 Å². The van der Waals surface area contributed by atoms with Gasteiger partial charge in [-0.15, -0.1) is 0 Å². The summed E-state index contributed by atoms with van der Waals surface area (Å²) >= 11 is 0. The molecule has 0 bridgehead atoms. The molecule has 2 aliphatic rings. The predicted octanol–water partition coefficient (Wildman–Crippen LogP) is 3.04. The van der Waals surface area contributed by atoms with E-state index in [1.54, 1.807) is 0 Å². The lowest BCUT2D eigenvalue weighted by Gasteiger charge is -2.18. The molecule has 0 amide bonds. The summed E-state index contributed by atoms with van der Waals surface area (Å²) in [6.45, 7) is 4.70. The maximum absolute atomic E-state index is 11.6. The van der Waals surface area contributed by atoms with E-state index in [9.17, 15) is 4.79 Å². The average Bonchev–Trinajstić information content (AvgIpc) is 2.36. The minimum absolute atomic E-state index is 0.451. The van der Waals surface area contributed by atoms with E-state index in [4.69, 9.17) is 0 Å². The van der Waals surface area contributed by atoms with Crippen molar-refractivity contribution in [3.63, 3.8) is 0 Å². The van der Waals surface area contributed by atoms with Gasteiger partial charge in [0.25, 0.3) is 0 Å². The maximum atomic E-state index is 11.6. The summed E-state index contributed by atoms with van der Waals surface area (Å²) in [6.07, 6.45) is 5.80. The summed E-state index contributed by atoms with van der Waals surface area (Å²) in [5.41, 5.74) is 0. The normalized spacial score (nSPS) is 45.8. The van der Waals surface area contributed by atoms with Crippen molar-refractivity contribution < 1.29 is 4.79 Å². The molecule has 0 aromatic heterocycles. The van der Waals surface area contributed by atoms with Crippen molar-refractivity contribution in [3.8, 4) is 0 Å². The Kier molecular flexibility index (Phi) is 2.44. The third kappa shape index (κ3) is 1.66. The highest BCUT2D eigenvalue weighted by Gasteiger charge is 2.38. The Bertz CT molecular complexity index is 209. The van der Waals surface area contributed by atoms with E-state index < -0.39 is 0 Å². The molecule has 0 heterocycles. The molecule has 0 N–H and O–H groups in total. The molecule has 1 heteroatoms. The van der Waals surface area contributed by atoms with Gasteiger partial charge in [-0.2, -0.15) is 0 Å². The molecular weight excluding hydrogens is 160 g/mol. The van der Waals surface area contributed by atoms with Gasteiger partial charge in [-0.1, -0.05) is 13.8 Å². The van der Waals surface area contributed by atoms with Gasteiger partial charge in [0.2, 0.25) is 0 Å². The third-order valence-electron chi connectivity index (χ3n) is 4.32. The van der Waals surface area contributed by atoms with Crippen LogP contribution in [-0.2, 0) is 4.79 Å². The van der Waals surface area contributed by atoms with Gasteiger partial charge < -0.3 is 0 Å². The summed E-state index contributed by atoms with van der Waals surface area (Å²) < 4.78 is 0. The molecule has 2 fully saturated rings. The Balaban J connectivity index is 2.09. The Hall–Kier alpha value is -0.330. The number of hydrogen-bond donors (Lipinski definition) is 0. The second kappa shape index (κ2) is 3.43. The summed E-state index contributed by atoms with van der Waals surface area (Å²) in [6, 6.07) is 0. The van der Waals surface area contributed by atoms with Crippen molar-refractivity contribution in [2.24, 2.45) is 23.7 Å². The van der Waals surface area contributed by atoms with Gasteiger partial charge in [-0.3, -0.25) is 4.79 Å². The lowest BCUT2D eigenvalue weighted by atomic mass is 9.87. The van der Waals surface area contributed by atoms with E-state index in [0.717, 1.165) is 24.2 Å². The van der Waals surface area contributed by atoms with Crippen LogP contribution in [0.4, 0.5) is 0 Å². The zero-order valence-corrected chi connectivity index (χ0v) is 8.75. The Morgan fingerprint density at radius 1 is 1.08 bits per heavy atom. The lowest BCUT2D eigenvalue weighted by Crippen LogP contribution is -2.13. The van der Waals surface area contributed by atoms with Crippen molar-refractivity contribution in [2.75, 3.05) is 0 Å². The molecule has 4 unspecified atom stereocenters. The van der Waals surface area contributed by atoms with Gasteiger partial charge >= 0.3 is 0 Å². The molecule has 2 aliphatic carbocycles. The largest absolute Gasteiger partial charge is 0.299 e. The number of carbonyl (C=O) groups is 1. The molecule has 2 saturated carbocycles. The smallest absolute Gasteiger partial charge is 0.136 e. The standard InChI is InChI=1S/C12H20O/c1-8-3-5-11-10(7-9(8)2)4-6-12(11)13/h8-11H,3-7H2,1-2H3. The quantitative estimate of drug-likeness (QED) is 0.560. The summed E-state index contributed by atoms with van der Waals surface area (Å²) in [4.78, 5) is 11.6. The Labute approximate surface area is 80.9 Å². The molecule has 0 aromatic carbocycles. The Morgan fingerprint density at radius 3 is 2.62 bits per heavy atom. The minimum Gasteiger partial charge on any atom is -0.299 e. The van der Waals surface area contributed by atoms with Gasteiger partial charge in [-0.05, 0) is 43.4 Å². The fraction of sp³-hybridized carbons (Fsp3) is 0.917. The molecule has 2 rings (SSSR count). The van der Waals surface area contributed by atoms with Crippen LogP contribution in [0.3, 0.4) is 0 Å².